The van der Waals surface area contributed by atoms with Gasteiger partial charge in [-0.3, -0.25) is 4.79 Å². The van der Waals surface area contributed by atoms with Gasteiger partial charge in [-0.25, -0.2) is 0 Å². The van der Waals surface area contributed by atoms with Crippen molar-refractivity contribution in [3.8, 4) is 0 Å². The molecule has 0 spiro atoms. The van der Waals surface area contributed by atoms with Gasteiger partial charge >= 0.3 is 0 Å². The molecular formula is C13H17NO. The van der Waals surface area contributed by atoms with E-state index < -0.39 is 0 Å². The summed E-state index contributed by atoms with van der Waals surface area (Å²) < 4.78 is 0. The molecule has 0 saturated heterocycles. The van der Waals surface area contributed by atoms with Crippen molar-refractivity contribution in [1.82, 2.24) is 4.90 Å². The Morgan fingerprint density at radius 1 is 1.67 bits per heavy atom. The van der Waals surface area contributed by atoms with E-state index in [1.54, 1.807) is 0 Å². The van der Waals surface area contributed by atoms with Gasteiger partial charge in [-0.1, -0.05) is 19.6 Å². The van der Waals surface area contributed by atoms with Gasteiger partial charge in [-0.05, 0) is 42.9 Å². The molecule has 80 valence electrons. The van der Waals surface area contributed by atoms with Gasteiger partial charge in [0.15, 0.2) is 0 Å². The van der Waals surface area contributed by atoms with E-state index in [4.69, 9.17) is 0 Å². The van der Waals surface area contributed by atoms with E-state index in [9.17, 15) is 4.79 Å². The molecule has 2 aliphatic rings. The molecule has 0 radical (unpaired) electrons. The summed E-state index contributed by atoms with van der Waals surface area (Å²) in [6.07, 6.45) is 8.99. The van der Waals surface area contributed by atoms with Crippen LogP contribution < -0.4 is 0 Å². The van der Waals surface area contributed by atoms with Gasteiger partial charge in [0, 0.05) is 12.2 Å². The SMILES string of the molecule is C=CC(=O)N1CCCC2=C1C=CCC2C. The number of amides is 1. The van der Waals surface area contributed by atoms with Crippen molar-refractivity contribution < 1.29 is 4.79 Å². The van der Waals surface area contributed by atoms with E-state index in [-0.39, 0.29) is 5.91 Å². The Kier molecular flexibility index (Phi) is 2.76. The molecular weight excluding hydrogens is 186 g/mol. The summed E-state index contributed by atoms with van der Waals surface area (Å²) in [5.74, 6) is 0.617. The maximum Gasteiger partial charge on any atom is 0.250 e. The fraction of sp³-hybridized carbons (Fsp3) is 0.462. The fourth-order valence-electron chi connectivity index (χ4n) is 2.41. The summed E-state index contributed by atoms with van der Waals surface area (Å²) in [4.78, 5) is 13.5. The minimum absolute atomic E-state index is 0.0287. The lowest BCUT2D eigenvalue weighted by Gasteiger charge is -2.34. The van der Waals surface area contributed by atoms with Crippen molar-refractivity contribution in [2.24, 2.45) is 5.92 Å². The quantitative estimate of drug-likeness (QED) is 0.600. The van der Waals surface area contributed by atoms with Gasteiger partial charge < -0.3 is 4.90 Å². The molecule has 0 aromatic heterocycles. The zero-order chi connectivity index (χ0) is 10.8. The van der Waals surface area contributed by atoms with Crippen LogP contribution in [0.25, 0.3) is 0 Å². The number of carbonyl (C=O) groups is 1. The van der Waals surface area contributed by atoms with Crippen molar-refractivity contribution in [2.45, 2.75) is 26.2 Å². The first-order valence-electron chi connectivity index (χ1n) is 5.57. The molecule has 2 rings (SSSR count). The molecule has 0 aromatic rings. The van der Waals surface area contributed by atoms with Crippen LogP contribution in [0.4, 0.5) is 0 Å². The second-order valence-electron chi connectivity index (χ2n) is 4.25. The van der Waals surface area contributed by atoms with Gasteiger partial charge in [-0.15, -0.1) is 0 Å². The maximum atomic E-state index is 11.7. The minimum atomic E-state index is 0.0287. The maximum absolute atomic E-state index is 11.7. The molecule has 0 fully saturated rings. The Hall–Kier alpha value is -1.31. The molecule has 1 atom stereocenters. The first-order valence-corrected chi connectivity index (χ1v) is 5.57. The van der Waals surface area contributed by atoms with Crippen LogP contribution in [0.15, 0.2) is 36.1 Å². The Morgan fingerprint density at radius 3 is 3.20 bits per heavy atom. The van der Waals surface area contributed by atoms with Crippen molar-refractivity contribution in [2.75, 3.05) is 6.54 Å². The lowest BCUT2D eigenvalue weighted by Crippen LogP contribution is -2.34. The van der Waals surface area contributed by atoms with E-state index in [1.165, 1.54) is 11.6 Å². The highest BCUT2D eigenvalue weighted by molar-refractivity contribution is 5.89. The van der Waals surface area contributed by atoms with Crippen LogP contribution in [0.5, 0.6) is 0 Å². The number of allylic oxidation sites excluding steroid dienone is 3. The molecule has 1 aliphatic heterocycles. The summed E-state index contributed by atoms with van der Waals surface area (Å²) in [6, 6.07) is 0. The number of rotatable bonds is 1. The van der Waals surface area contributed by atoms with E-state index in [2.05, 4.69) is 25.7 Å². The predicted molar refractivity (Wildman–Crippen MR) is 61.1 cm³/mol. The van der Waals surface area contributed by atoms with Crippen LogP contribution in [0, 0.1) is 5.92 Å². The molecule has 2 nitrogen and oxygen atoms in total. The van der Waals surface area contributed by atoms with E-state index in [0.29, 0.717) is 5.92 Å². The summed E-state index contributed by atoms with van der Waals surface area (Å²) in [5, 5.41) is 0. The molecule has 15 heavy (non-hydrogen) atoms. The Balaban J connectivity index is 2.35. The predicted octanol–water partition coefficient (Wildman–Crippen LogP) is 2.64. The van der Waals surface area contributed by atoms with Gasteiger partial charge in [-0.2, -0.15) is 0 Å². The molecule has 0 aromatic carbocycles. The van der Waals surface area contributed by atoms with Crippen molar-refractivity contribution in [3.05, 3.63) is 36.1 Å². The number of hydrogen-bond acceptors (Lipinski definition) is 1. The zero-order valence-electron chi connectivity index (χ0n) is 9.20. The van der Waals surface area contributed by atoms with Gasteiger partial charge in [0.1, 0.15) is 0 Å². The van der Waals surface area contributed by atoms with Crippen LogP contribution in [-0.4, -0.2) is 17.4 Å². The topological polar surface area (TPSA) is 20.3 Å². The summed E-state index contributed by atoms with van der Waals surface area (Å²) in [6.45, 7) is 6.63. The second kappa shape index (κ2) is 4.05. The third-order valence-electron chi connectivity index (χ3n) is 3.25. The first kappa shape index (κ1) is 10.2. The summed E-state index contributed by atoms with van der Waals surface area (Å²) >= 11 is 0. The third-order valence-corrected chi connectivity index (χ3v) is 3.25. The third kappa shape index (κ3) is 1.76. The molecule has 0 N–H and O–H groups in total. The number of hydrogen-bond donors (Lipinski definition) is 0. The largest absolute Gasteiger partial charge is 0.309 e. The molecule has 0 bridgehead atoms. The average molecular weight is 203 g/mol. The highest BCUT2D eigenvalue weighted by atomic mass is 16.2. The van der Waals surface area contributed by atoms with Gasteiger partial charge in [0.25, 0.3) is 0 Å². The van der Waals surface area contributed by atoms with Gasteiger partial charge in [0.2, 0.25) is 5.91 Å². The molecule has 0 saturated carbocycles. The van der Waals surface area contributed by atoms with E-state index in [1.807, 2.05) is 4.90 Å². The Morgan fingerprint density at radius 2 is 2.47 bits per heavy atom. The molecule has 1 aliphatic carbocycles. The van der Waals surface area contributed by atoms with Crippen molar-refractivity contribution >= 4 is 5.91 Å². The highest BCUT2D eigenvalue weighted by Gasteiger charge is 2.26. The summed E-state index contributed by atoms with van der Waals surface area (Å²) in [7, 11) is 0. The molecule has 1 unspecified atom stereocenters. The van der Waals surface area contributed by atoms with Crippen LogP contribution in [0.3, 0.4) is 0 Å². The number of nitrogens with zero attached hydrogens (tertiary/aromatic N) is 1. The smallest absolute Gasteiger partial charge is 0.250 e. The second-order valence-corrected chi connectivity index (χ2v) is 4.25. The van der Waals surface area contributed by atoms with Crippen molar-refractivity contribution in [3.63, 3.8) is 0 Å². The molecule has 2 heteroatoms. The molecule has 1 amide bonds. The van der Waals surface area contributed by atoms with Crippen LogP contribution in [-0.2, 0) is 4.79 Å². The first-order chi connectivity index (χ1) is 7.24. The van der Waals surface area contributed by atoms with Gasteiger partial charge in [0.05, 0.1) is 0 Å². The van der Waals surface area contributed by atoms with Crippen LogP contribution in [0.2, 0.25) is 0 Å². The highest BCUT2D eigenvalue weighted by Crippen LogP contribution is 2.33. The van der Waals surface area contributed by atoms with Crippen LogP contribution >= 0.6 is 0 Å². The fourth-order valence-corrected chi connectivity index (χ4v) is 2.41. The summed E-state index contributed by atoms with van der Waals surface area (Å²) in [5.41, 5.74) is 2.57. The van der Waals surface area contributed by atoms with Crippen molar-refractivity contribution in [1.29, 1.82) is 0 Å². The van der Waals surface area contributed by atoms with E-state index in [0.717, 1.165) is 31.5 Å². The normalized spacial score (nSPS) is 25.1. The Labute approximate surface area is 91.0 Å². The minimum Gasteiger partial charge on any atom is -0.309 e. The van der Waals surface area contributed by atoms with E-state index >= 15 is 0 Å². The standard InChI is InChI=1S/C13H17NO/c1-3-13(15)14-9-5-7-11-10(2)6-4-8-12(11)14/h3-4,8,10H,1,5-7,9H2,2H3. The monoisotopic (exact) mass is 203 g/mol. The number of carbonyl (C=O) groups excluding carboxylic acids is 1. The Bertz CT molecular complexity index is 352. The zero-order valence-corrected chi connectivity index (χ0v) is 9.20. The average Bonchev–Trinajstić information content (AvgIpc) is 2.28. The lowest BCUT2D eigenvalue weighted by molar-refractivity contribution is -0.124. The lowest BCUT2D eigenvalue weighted by atomic mass is 9.85. The molecule has 1 heterocycles. The van der Waals surface area contributed by atoms with Crippen LogP contribution in [0.1, 0.15) is 26.2 Å².